The number of benzene rings is 1. The molecule has 0 bridgehead atoms. The Morgan fingerprint density at radius 3 is 2.27 bits per heavy atom. The van der Waals surface area contributed by atoms with E-state index >= 15 is 0 Å². The van der Waals surface area contributed by atoms with Gasteiger partial charge in [0.15, 0.2) is 0 Å². The molecule has 2 fully saturated rings. The molecule has 1 aromatic carbocycles. The first-order chi connectivity index (χ1) is 12.5. The molecule has 2 aliphatic heterocycles. The van der Waals surface area contributed by atoms with Crippen molar-refractivity contribution in [2.24, 2.45) is 5.92 Å². The summed E-state index contributed by atoms with van der Waals surface area (Å²) >= 11 is 0. The molecule has 0 radical (unpaired) electrons. The zero-order valence-corrected chi connectivity index (χ0v) is 15.6. The van der Waals surface area contributed by atoms with Crippen LogP contribution in [0.25, 0.3) is 0 Å². The normalized spacial score (nSPS) is 20.6. The first-order valence-electron chi connectivity index (χ1n) is 9.42. The lowest BCUT2D eigenvalue weighted by atomic mass is 10.1. The van der Waals surface area contributed by atoms with Gasteiger partial charge in [-0.25, -0.2) is 0 Å². The molecule has 26 heavy (non-hydrogen) atoms. The van der Waals surface area contributed by atoms with Gasteiger partial charge in [0, 0.05) is 51.3 Å². The summed E-state index contributed by atoms with van der Waals surface area (Å²) in [5.41, 5.74) is 1.81. The summed E-state index contributed by atoms with van der Waals surface area (Å²) in [6.07, 6.45) is 1.23. The van der Waals surface area contributed by atoms with Gasteiger partial charge >= 0.3 is 0 Å². The molecule has 0 spiro atoms. The maximum Gasteiger partial charge on any atom is 0.253 e. The van der Waals surface area contributed by atoms with Crippen molar-refractivity contribution in [3.05, 3.63) is 35.4 Å². The Labute approximate surface area is 154 Å². The number of carbonyl (C=O) groups excluding carboxylic acids is 3. The number of rotatable bonds is 4. The Morgan fingerprint density at radius 1 is 1.04 bits per heavy atom. The number of likely N-dealkylation sites (tertiary alicyclic amines) is 1. The third-order valence-electron chi connectivity index (χ3n) is 5.23. The average molecular weight is 357 g/mol. The SMILES string of the molecule is CCCN1CC(C(=O)N2CCN(C(=O)c3ccc(C)cc3)CC2)CC1=O. The van der Waals surface area contributed by atoms with Gasteiger partial charge in [0.2, 0.25) is 11.8 Å². The Balaban J connectivity index is 1.53. The fraction of sp³-hybridized carbons (Fsp3) is 0.550. The van der Waals surface area contributed by atoms with Gasteiger partial charge in [-0.2, -0.15) is 0 Å². The molecule has 6 nitrogen and oxygen atoms in total. The lowest BCUT2D eigenvalue weighted by Gasteiger charge is -2.36. The van der Waals surface area contributed by atoms with Crippen LogP contribution in [0.5, 0.6) is 0 Å². The molecular weight excluding hydrogens is 330 g/mol. The Hall–Kier alpha value is -2.37. The highest BCUT2D eigenvalue weighted by atomic mass is 16.2. The maximum absolute atomic E-state index is 12.7. The highest BCUT2D eigenvalue weighted by Crippen LogP contribution is 2.21. The van der Waals surface area contributed by atoms with Crippen LogP contribution < -0.4 is 0 Å². The topological polar surface area (TPSA) is 60.9 Å². The van der Waals surface area contributed by atoms with E-state index in [-0.39, 0.29) is 23.6 Å². The van der Waals surface area contributed by atoms with Crippen LogP contribution in [0.15, 0.2) is 24.3 Å². The molecule has 1 atom stereocenters. The van der Waals surface area contributed by atoms with Crippen molar-refractivity contribution in [3.63, 3.8) is 0 Å². The minimum atomic E-state index is -0.228. The van der Waals surface area contributed by atoms with Gasteiger partial charge in [-0.1, -0.05) is 24.6 Å². The van der Waals surface area contributed by atoms with Crippen molar-refractivity contribution >= 4 is 17.7 Å². The van der Waals surface area contributed by atoms with Crippen molar-refractivity contribution in [1.82, 2.24) is 14.7 Å². The molecule has 2 heterocycles. The number of hydrogen-bond acceptors (Lipinski definition) is 3. The Bertz CT molecular complexity index is 678. The van der Waals surface area contributed by atoms with Crippen LogP contribution in [-0.4, -0.2) is 71.7 Å². The third-order valence-corrected chi connectivity index (χ3v) is 5.23. The largest absolute Gasteiger partial charge is 0.342 e. The number of nitrogens with zero attached hydrogens (tertiary/aromatic N) is 3. The van der Waals surface area contributed by atoms with Gasteiger partial charge in [-0.3, -0.25) is 14.4 Å². The standard InChI is InChI=1S/C20H27N3O3/c1-3-8-23-14-17(13-18(23)24)20(26)22-11-9-21(10-12-22)19(25)16-6-4-15(2)5-7-16/h4-7,17H,3,8-14H2,1-2H3. The lowest BCUT2D eigenvalue weighted by Crippen LogP contribution is -2.52. The molecular formula is C20H27N3O3. The van der Waals surface area contributed by atoms with Gasteiger partial charge in [0.25, 0.3) is 5.91 Å². The van der Waals surface area contributed by atoms with E-state index in [0.717, 1.165) is 18.5 Å². The predicted octanol–water partition coefficient (Wildman–Crippen LogP) is 1.54. The Kier molecular flexibility index (Phi) is 5.59. The molecule has 140 valence electrons. The first-order valence-corrected chi connectivity index (χ1v) is 9.42. The van der Waals surface area contributed by atoms with Crippen molar-refractivity contribution in [2.45, 2.75) is 26.7 Å². The predicted molar refractivity (Wildman–Crippen MR) is 98.6 cm³/mol. The number of amides is 3. The molecule has 1 unspecified atom stereocenters. The second-order valence-electron chi connectivity index (χ2n) is 7.22. The second-order valence-corrected chi connectivity index (χ2v) is 7.22. The zero-order valence-electron chi connectivity index (χ0n) is 15.6. The van der Waals surface area contributed by atoms with Crippen LogP contribution in [0.2, 0.25) is 0 Å². The summed E-state index contributed by atoms with van der Waals surface area (Å²) in [6.45, 7) is 7.44. The van der Waals surface area contributed by atoms with Gasteiger partial charge < -0.3 is 14.7 Å². The van der Waals surface area contributed by atoms with E-state index in [1.54, 1.807) is 9.80 Å². The van der Waals surface area contributed by atoms with Crippen molar-refractivity contribution in [1.29, 1.82) is 0 Å². The van der Waals surface area contributed by atoms with E-state index in [9.17, 15) is 14.4 Å². The minimum Gasteiger partial charge on any atom is -0.342 e. The van der Waals surface area contributed by atoms with Crippen LogP contribution in [-0.2, 0) is 9.59 Å². The summed E-state index contributed by atoms with van der Waals surface area (Å²) < 4.78 is 0. The van der Waals surface area contributed by atoms with Gasteiger partial charge in [0.05, 0.1) is 5.92 Å². The van der Waals surface area contributed by atoms with E-state index in [4.69, 9.17) is 0 Å². The minimum absolute atomic E-state index is 0.0160. The highest BCUT2D eigenvalue weighted by Gasteiger charge is 2.37. The highest BCUT2D eigenvalue weighted by molar-refractivity contribution is 5.94. The quantitative estimate of drug-likeness (QED) is 0.821. The molecule has 0 saturated carbocycles. The molecule has 2 aliphatic rings. The second kappa shape index (κ2) is 7.89. The van der Waals surface area contributed by atoms with Crippen LogP contribution in [0.1, 0.15) is 35.7 Å². The van der Waals surface area contributed by atoms with Crippen LogP contribution in [0, 0.1) is 12.8 Å². The summed E-state index contributed by atoms with van der Waals surface area (Å²) in [5, 5.41) is 0. The van der Waals surface area contributed by atoms with E-state index in [1.807, 2.05) is 43.0 Å². The fourth-order valence-electron chi connectivity index (χ4n) is 3.69. The molecule has 0 N–H and O–H groups in total. The monoisotopic (exact) mass is 357 g/mol. The number of aryl methyl sites for hydroxylation is 1. The van der Waals surface area contributed by atoms with Crippen LogP contribution in [0.3, 0.4) is 0 Å². The fourth-order valence-corrected chi connectivity index (χ4v) is 3.69. The van der Waals surface area contributed by atoms with Crippen molar-refractivity contribution in [3.8, 4) is 0 Å². The zero-order chi connectivity index (χ0) is 18.7. The van der Waals surface area contributed by atoms with E-state index in [1.165, 1.54) is 0 Å². The molecule has 6 heteroatoms. The Morgan fingerprint density at radius 2 is 1.65 bits per heavy atom. The van der Waals surface area contributed by atoms with Gasteiger partial charge in [-0.15, -0.1) is 0 Å². The lowest BCUT2D eigenvalue weighted by molar-refractivity contribution is -0.137. The summed E-state index contributed by atoms with van der Waals surface area (Å²) in [5.74, 6) is -0.0755. The first kappa shape index (κ1) is 18.4. The number of hydrogen-bond donors (Lipinski definition) is 0. The molecule has 1 aromatic rings. The van der Waals surface area contributed by atoms with Gasteiger partial charge in [-0.05, 0) is 25.5 Å². The van der Waals surface area contributed by atoms with Crippen LogP contribution >= 0.6 is 0 Å². The summed E-state index contributed by atoms with van der Waals surface area (Å²) in [6, 6.07) is 7.57. The van der Waals surface area contributed by atoms with E-state index in [0.29, 0.717) is 44.7 Å². The van der Waals surface area contributed by atoms with Crippen molar-refractivity contribution in [2.75, 3.05) is 39.3 Å². The average Bonchev–Trinajstić information content (AvgIpc) is 3.02. The van der Waals surface area contributed by atoms with E-state index < -0.39 is 0 Å². The molecule has 3 amide bonds. The summed E-state index contributed by atoms with van der Waals surface area (Å²) in [4.78, 5) is 42.7. The summed E-state index contributed by atoms with van der Waals surface area (Å²) in [7, 11) is 0. The molecule has 3 rings (SSSR count). The molecule has 0 aliphatic carbocycles. The van der Waals surface area contributed by atoms with Gasteiger partial charge in [0.1, 0.15) is 0 Å². The number of carbonyl (C=O) groups is 3. The third kappa shape index (κ3) is 3.89. The van der Waals surface area contributed by atoms with E-state index in [2.05, 4.69) is 0 Å². The number of piperazine rings is 1. The molecule has 0 aromatic heterocycles. The van der Waals surface area contributed by atoms with Crippen LogP contribution in [0.4, 0.5) is 0 Å². The molecule has 2 saturated heterocycles. The van der Waals surface area contributed by atoms with Crippen molar-refractivity contribution < 1.29 is 14.4 Å². The maximum atomic E-state index is 12.7. The smallest absolute Gasteiger partial charge is 0.253 e.